The Morgan fingerprint density at radius 2 is 1.79 bits per heavy atom. The standard InChI is InChI=1S/C27H26N2O3S2/c1-5-32-27(31)21-14-22(19-9-7-6-8-10-19)34-26(21)28-23(30)15-33-24-13-17(3)20-12-16(2)11-18(4)25(20)29-24/h6-14H,5,15H2,1-4H3,(H,28,30). The van der Waals surface area contributed by atoms with E-state index in [1.807, 2.05) is 36.4 Å². The predicted octanol–water partition coefficient (Wildman–Crippen LogP) is 6.80. The van der Waals surface area contributed by atoms with Gasteiger partial charge in [0.05, 0.1) is 28.5 Å². The Balaban J connectivity index is 1.53. The summed E-state index contributed by atoms with van der Waals surface area (Å²) in [5.41, 5.74) is 5.78. The molecule has 5 nitrogen and oxygen atoms in total. The zero-order valence-corrected chi connectivity index (χ0v) is 21.2. The highest BCUT2D eigenvalue weighted by Gasteiger charge is 2.20. The average Bonchev–Trinajstić information content (AvgIpc) is 3.23. The van der Waals surface area contributed by atoms with Gasteiger partial charge in [0.1, 0.15) is 5.00 Å². The van der Waals surface area contributed by atoms with E-state index in [-0.39, 0.29) is 18.3 Å². The van der Waals surface area contributed by atoms with Crippen molar-refractivity contribution in [3.8, 4) is 10.4 Å². The lowest BCUT2D eigenvalue weighted by Gasteiger charge is -2.10. The molecule has 174 valence electrons. The number of aryl methyl sites for hydroxylation is 3. The largest absolute Gasteiger partial charge is 0.462 e. The summed E-state index contributed by atoms with van der Waals surface area (Å²) in [6.07, 6.45) is 0. The first kappa shape index (κ1) is 24.0. The van der Waals surface area contributed by atoms with Crippen LogP contribution in [0.4, 0.5) is 5.00 Å². The number of benzene rings is 2. The van der Waals surface area contributed by atoms with E-state index in [0.29, 0.717) is 10.6 Å². The molecule has 2 aromatic heterocycles. The van der Waals surface area contributed by atoms with E-state index >= 15 is 0 Å². The van der Waals surface area contributed by atoms with E-state index in [0.717, 1.165) is 37.5 Å². The summed E-state index contributed by atoms with van der Waals surface area (Å²) in [4.78, 5) is 31.0. The van der Waals surface area contributed by atoms with Crippen LogP contribution in [0.1, 0.15) is 34.0 Å². The number of nitrogens with zero attached hydrogens (tertiary/aromatic N) is 1. The number of carbonyl (C=O) groups excluding carboxylic acids is 2. The number of pyridine rings is 1. The number of ether oxygens (including phenoxy) is 1. The molecule has 0 bridgehead atoms. The van der Waals surface area contributed by atoms with Gasteiger partial charge < -0.3 is 10.1 Å². The number of carbonyl (C=O) groups is 2. The lowest BCUT2D eigenvalue weighted by molar-refractivity contribution is -0.113. The van der Waals surface area contributed by atoms with E-state index < -0.39 is 5.97 Å². The van der Waals surface area contributed by atoms with Gasteiger partial charge >= 0.3 is 5.97 Å². The van der Waals surface area contributed by atoms with Crippen LogP contribution in [0.15, 0.2) is 59.6 Å². The Kier molecular flexibility index (Phi) is 7.34. The molecule has 0 saturated heterocycles. The van der Waals surface area contributed by atoms with Gasteiger partial charge in [-0.1, -0.05) is 53.7 Å². The molecule has 0 saturated carbocycles. The first-order valence-corrected chi connectivity index (χ1v) is 12.8. The molecule has 7 heteroatoms. The quantitative estimate of drug-likeness (QED) is 0.228. The second-order valence-corrected chi connectivity index (χ2v) is 10.1. The minimum Gasteiger partial charge on any atom is -0.462 e. The maximum absolute atomic E-state index is 12.8. The maximum atomic E-state index is 12.8. The lowest BCUT2D eigenvalue weighted by atomic mass is 10.0. The summed E-state index contributed by atoms with van der Waals surface area (Å²) in [6, 6.07) is 17.8. The first-order chi connectivity index (χ1) is 16.4. The molecule has 0 radical (unpaired) electrons. The molecule has 1 amide bonds. The van der Waals surface area contributed by atoms with Crippen molar-refractivity contribution < 1.29 is 14.3 Å². The van der Waals surface area contributed by atoms with Crippen molar-refractivity contribution in [3.05, 3.63) is 76.9 Å². The number of thiophene rings is 1. The van der Waals surface area contributed by atoms with Crippen molar-refractivity contribution in [1.29, 1.82) is 0 Å². The zero-order valence-electron chi connectivity index (χ0n) is 19.6. The van der Waals surface area contributed by atoms with Gasteiger partial charge in [-0.2, -0.15) is 0 Å². The molecule has 4 rings (SSSR count). The summed E-state index contributed by atoms with van der Waals surface area (Å²) < 4.78 is 5.20. The topological polar surface area (TPSA) is 68.3 Å². The second-order valence-electron chi connectivity index (χ2n) is 8.03. The highest BCUT2D eigenvalue weighted by Crippen LogP contribution is 2.36. The molecule has 2 heterocycles. The Morgan fingerprint density at radius 1 is 1.03 bits per heavy atom. The molecule has 4 aromatic rings. The number of amides is 1. The molecule has 34 heavy (non-hydrogen) atoms. The van der Waals surface area contributed by atoms with Gasteiger partial charge in [-0.05, 0) is 62.6 Å². The molecule has 0 spiro atoms. The van der Waals surface area contributed by atoms with Crippen molar-refractivity contribution in [2.75, 3.05) is 17.7 Å². The fourth-order valence-corrected chi connectivity index (χ4v) is 5.61. The predicted molar refractivity (Wildman–Crippen MR) is 141 cm³/mol. The van der Waals surface area contributed by atoms with Crippen LogP contribution >= 0.6 is 23.1 Å². The Hall–Kier alpha value is -3.16. The summed E-state index contributed by atoms with van der Waals surface area (Å²) >= 11 is 2.75. The number of fused-ring (bicyclic) bond motifs is 1. The van der Waals surface area contributed by atoms with Gasteiger partial charge in [0.2, 0.25) is 5.91 Å². The first-order valence-electron chi connectivity index (χ1n) is 11.0. The van der Waals surface area contributed by atoms with Crippen LogP contribution in [0, 0.1) is 20.8 Å². The van der Waals surface area contributed by atoms with Crippen LogP contribution in [0.2, 0.25) is 0 Å². The minimum atomic E-state index is -0.443. The van der Waals surface area contributed by atoms with E-state index in [4.69, 9.17) is 9.72 Å². The van der Waals surface area contributed by atoms with Gasteiger partial charge in [-0.25, -0.2) is 9.78 Å². The van der Waals surface area contributed by atoms with Crippen LogP contribution < -0.4 is 5.32 Å². The highest BCUT2D eigenvalue weighted by atomic mass is 32.2. The molecular weight excluding hydrogens is 464 g/mol. The summed E-state index contributed by atoms with van der Waals surface area (Å²) in [7, 11) is 0. The smallest absolute Gasteiger partial charge is 0.341 e. The number of aromatic nitrogens is 1. The number of esters is 1. The van der Waals surface area contributed by atoms with Gasteiger partial charge in [0.15, 0.2) is 0 Å². The van der Waals surface area contributed by atoms with Crippen molar-refractivity contribution in [1.82, 2.24) is 4.98 Å². The van der Waals surface area contributed by atoms with Crippen molar-refractivity contribution >= 4 is 50.9 Å². The Labute approximate surface area is 207 Å². The van der Waals surface area contributed by atoms with Gasteiger partial charge in [-0.3, -0.25) is 4.79 Å². The molecule has 0 aliphatic rings. The van der Waals surface area contributed by atoms with E-state index in [9.17, 15) is 9.59 Å². The average molecular weight is 491 g/mol. The number of rotatable bonds is 7. The molecular formula is C27H26N2O3S2. The zero-order chi connectivity index (χ0) is 24.2. The van der Waals surface area contributed by atoms with Gasteiger partial charge in [0, 0.05) is 10.3 Å². The number of nitrogens with one attached hydrogen (secondary N) is 1. The minimum absolute atomic E-state index is 0.184. The van der Waals surface area contributed by atoms with Crippen LogP contribution in [-0.2, 0) is 9.53 Å². The molecule has 2 aromatic carbocycles. The van der Waals surface area contributed by atoms with Crippen molar-refractivity contribution in [3.63, 3.8) is 0 Å². The van der Waals surface area contributed by atoms with Crippen LogP contribution in [0.25, 0.3) is 21.3 Å². The lowest BCUT2D eigenvalue weighted by Crippen LogP contribution is -2.16. The Bertz CT molecular complexity index is 1360. The molecule has 0 fully saturated rings. The number of thioether (sulfide) groups is 1. The number of anilines is 1. The fourth-order valence-electron chi connectivity index (χ4n) is 3.78. The molecule has 0 aliphatic heterocycles. The normalized spacial score (nSPS) is 10.9. The Morgan fingerprint density at radius 3 is 2.53 bits per heavy atom. The van der Waals surface area contributed by atoms with Crippen LogP contribution in [0.5, 0.6) is 0 Å². The number of hydrogen-bond donors (Lipinski definition) is 1. The van der Waals surface area contributed by atoms with Gasteiger partial charge in [0.25, 0.3) is 0 Å². The fraction of sp³-hybridized carbons (Fsp3) is 0.222. The van der Waals surface area contributed by atoms with Crippen LogP contribution in [-0.4, -0.2) is 29.2 Å². The third-order valence-electron chi connectivity index (χ3n) is 5.32. The van der Waals surface area contributed by atoms with E-state index in [2.05, 4.69) is 38.2 Å². The maximum Gasteiger partial charge on any atom is 0.341 e. The van der Waals surface area contributed by atoms with E-state index in [1.165, 1.54) is 28.7 Å². The molecule has 0 aliphatic carbocycles. The summed E-state index contributed by atoms with van der Waals surface area (Å²) in [5, 5.41) is 5.34. The van der Waals surface area contributed by atoms with E-state index in [1.54, 1.807) is 13.0 Å². The molecule has 0 atom stereocenters. The third-order valence-corrected chi connectivity index (χ3v) is 7.33. The number of hydrogen-bond acceptors (Lipinski definition) is 6. The highest BCUT2D eigenvalue weighted by molar-refractivity contribution is 7.99. The summed E-state index contributed by atoms with van der Waals surface area (Å²) in [6.45, 7) is 8.23. The summed E-state index contributed by atoms with van der Waals surface area (Å²) in [5.74, 6) is -0.456. The third kappa shape index (κ3) is 5.32. The monoisotopic (exact) mass is 490 g/mol. The van der Waals surface area contributed by atoms with Crippen molar-refractivity contribution in [2.45, 2.75) is 32.7 Å². The van der Waals surface area contributed by atoms with Gasteiger partial charge in [-0.15, -0.1) is 11.3 Å². The SMILES string of the molecule is CCOC(=O)c1cc(-c2ccccc2)sc1NC(=O)CSc1cc(C)c2cc(C)cc(C)c2n1. The second kappa shape index (κ2) is 10.4. The molecule has 0 unspecified atom stereocenters. The van der Waals surface area contributed by atoms with Crippen molar-refractivity contribution in [2.24, 2.45) is 0 Å². The van der Waals surface area contributed by atoms with Crippen LogP contribution in [0.3, 0.4) is 0 Å². The molecule has 1 N–H and O–H groups in total.